The van der Waals surface area contributed by atoms with Crippen LogP contribution in [0, 0.1) is 6.92 Å². The summed E-state index contributed by atoms with van der Waals surface area (Å²) in [5.41, 5.74) is 6.99. The lowest BCUT2D eigenvalue weighted by Gasteiger charge is -2.07. The molecular formula is C11H10ClN3OS. The lowest BCUT2D eigenvalue weighted by atomic mass is 10.2. The van der Waals surface area contributed by atoms with E-state index in [1.165, 1.54) is 6.20 Å². The molecule has 0 spiro atoms. The number of halogens is 1. The van der Waals surface area contributed by atoms with Crippen LogP contribution in [0.4, 0.5) is 10.8 Å². The number of nitrogens with one attached hydrogen (secondary N) is 1. The average Bonchev–Trinajstić information content (AvgIpc) is 2.72. The first-order valence-corrected chi connectivity index (χ1v) is 6.05. The van der Waals surface area contributed by atoms with Crippen LogP contribution in [0.5, 0.6) is 0 Å². The quantitative estimate of drug-likeness (QED) is 0.879. The summed E-state index contributed by atoms with van der Waals surface area (Å²) in [7, 11) is 0. The van der Waals surface area contributed by atoms with Crippen LogP contribution >= 0.6 is 22.9 Å². The third-order valence-corrected chi connectivity index (χ3v) is 3.50. The molecule has 0 bridgehead atoms. The van der Waals surface area contributed by atoms with Gasteiger partial charge in [0.1, 0.15) is 4.88 Å². The fourth-order valence-corrected chi connectivity index (χ4v) is 2.07. The van der Waals surface area contributed by atoms with Crippen LogP contribution in [0.15, 0.2) is 24.4 Å². The van der Waals surface area contributed by atoms with E-state index in [-0.39, 0.29) is 5.91 Å². The second-order valence-corrected chi connectivity index (χ2v) is 4.90. The molecule has 1 heterocycles. The molecule has 0 aliphatic heterocycles. The summed E-state index contributed by atoms with van der Waals surface area (Å²) in [6.45, 7) is 1.85. The van der Waals surface area contributed by atoms with Gasteiger partial charge in [0.25, 0.3) is 5.91 Å². The highest BCUT2D eigenvalue weighted by molar-refractivity contribution is 7.17. The van der Waals surface area contributed by atoms with Crippen molar-refractivity contribution in [3.63, 3.8) is 0 Å². The van der Waals surface area contributed by atoms with E-state index in [0.717, 1.165) is 16.9 Å². The Balaban J connectivity index is 2.21. The van der Waals surface area contributed by atoms with E-state index in [9.17, 15) is 4.79 Å². The normalized spacial score (nSPS) is 10.2. The molecule has 2 rings (SSSR count). The van der Waals surface area contributed by atoms with Crippen LogP contribution in [0.25, 0.3) is 0 Å². The number of rotatable bonds is 2. The minimum atomic E-state index is -0.232. The van der Waals surface area contributed by atoms with Gasteiger partial charge in [0.15, 0.2) is 5.13 Å². The van der Waals surface area contributed by atoms with Crippen LogP contribution < -0.4 is 11.1 Å². The molecule has 0 atom stereocenters. The highest BCUT2D eigenvalue weighted by atomic mass is 35.5. The van der Waals surface area contributed by atoms with Crippen LogP contribution in [0.1, 0.15) is 15.2 Å². The molecule has 6 heteroatoms. The van der Waals surface area contributed by atoms with Gasteiger partial charge < -0.3 is 11.1 Å². The Kier molecular flexibility index (Phi) is 3.31. The predicted octanol–water partition coefficient (Wildman–Crippen LogP) is 2.94. The van der Waals surface area contributed by atoms with Gasteiger partial charge in [0, 0.05) is 10.7 Å². The zero-order valence-corrected chi connectivity index (χ0v) is 10.6. The molecule has 1 aromatic heterocycles. The summed E-state index contributed by atoms with van der Waals surface area (Å²) in [4.78, 5) is 16.2. The van der Waals surface area contributed by atoms with Crippen molar-refractivity contribution in [3.8, 4) is 0 Å². The van der Waals surface area contributed by atoms with Gasteiger partial charge in [-0.15, -0.1) is 0 Å². The molecule has 0 fully saturated rings. The molecule has 0 saturated heterocycles. The maximum Gasteiger partial charge on any atom is 0.267 e. The van der Waals surface area contributed by atoms with Gasteiger partial charge in [-0.3, -0.25) is 4.79 Å². The van der Waals surface area contributed by atoms with Crippen molar-refractivity contribution in [1.82, 2.24) is 4.98 Å². The number of amides is 1. The Bertz CT molecular complexity index is 568. The standard InChI is InChI=1S/C11H10ClN3OS/c1-6-7(12)3-2-4-8(6)15-10(16)9-5-14-11(13)17-9/h2-5H,1H3,(H2,13,14)(H,15,16). The Morgan fingerprint density at radius 1 is 1.53 bits per heavy atom. The van der Waals surface area contributed by atoms with Crippen molar-refractivity contribution < 1.29 is 4.79 Å². The van der Waals surface area contributed by atoms with Crippen molar-refractivity contribution in [2.45, 2.75) is 6.92 Å². The van der Waals surface area contributed by atoms with Crippen molar-refractivity contribution >= 4 is 39.7 Å². The maximum atomic E-state index is 11.9. The molecule has 3 N–H and O–H groups in total. The molecule has 17 heavy (non-hydrogen) atoms. The Morgan fingerprint density at radius 2 is 2.29 bits per heavy atom. The summed E-state index contributed by atoms with van der Waals surface area (Å²) >= 11 is 7.11. The second-order valence-electron chi connectivity index (χ2n) is 3.43. The first kappa shape index (κ1) is 11.9. The van der Waals surface area contributed by atoms with E-state index in [0.29, 0.717) is 20.7 Å². The van der Waals surface area contributed by atoms with Crippen molar-refractivity contribution in [3.05, 3.63) is 39.9 Å². The fourth-order valence-electron chi connectivity index (χ4n) is 1.32. The highest BCUT2D eigenvalue weighted by Gasteiger charge is 2.11. The van der Waals surface area contributed by atoms with Gasteiger partial charge in [-0.05, 0) is 24.6 Å². The smallest absolute Gasteiger partial charge is 0.267 e. The number of carbonyl (C=O) groups excluding carboxylic acids is 1. The topological polar surface area (TPSA) is 68.0 Å². The lowest BCUT2D eigenvalue weighted by molar-refractivity contribution is 0.103. The summed E-state index contributed by atoms with van der Waals surface area (Å²) in [5.74, 6) is -0.232. The third-order valence-electron chi connectivity index (χ3n) is 2.26. The molecule has 1 amide bonds. The van der Waals surface area contributed by atoms with E-state index in [1.807, 2.05) is 6.92 Å². The largest absolute Gasteiger partial charge is 0.375 e. The molecule has 1 aromatic carbocycles. The monoisotopic (exact) mass is 267 g/mol. The first-order valence-electron chi connectivity index (χ1n) is 4.85. The van der Waals surface area contributed by atoms with Gasteiger partial charge in [0.2, 0.25) is 0 Å². The fraction of sp³-hybridized carbons (Fsp3) is 0.0909. The number of nitrogen functional groups attached to an aromatic ring is 1. The van der Waals surface area contributed by atoms with Gasteiger partial charge in [-0.1, -0.05) is 29.0 Å². The minimum Gasteiger partial charge on any atom is -0.375 e. The Morgan fingerprint density at radius 3 is 2.94 bits per heavy atom. The number of carbonyl (C=O) groups is 1. The van der Waals surface area contributed by atoms with Gasteiger partial charge in [-0.25, -0.2) is 4.98 Å². The molecule has 0 aliphatic rings. The maximum absolute atomic E-state index is 11.9. The number of nitrogens with two attached hydrogens (primary N) is 1. The van der Waals surface area contributed by atoms with E-state index >= 15 is 0 Å². The van der Waals surface area contributed by atoms with Gasteiger partial charge in [-0.2, -0.15) is 0 Å². The van der Waals surface area contributed by atoms with Crippen molar-refractivity contribution in [2.75, 3.05) is 11.1 Å². The second kappa shape index (κ2) is 4.73. The molecule has 0 unspecified atom stereocenters. The Hall–Kier alpha value is -1.59. The highest BCUT2D eigenvalue weighted by Crippen LogP contribution is 2.24. The minimum absolute atomic E-state index is 0.232. The summed E-state index contributed by atoms with van der Waals surface area (Å²) in [6.07, 6.45) is 1.45. The molecule has 0 radical (unpaired) electrons. The number of nitrogens with zero attached hydrogens (tertiary/aromatic N) is 1. The number of thiazole rings is 1. The first-order chi connectivity index (χ1) is 8.08. The summed E-state index contributed by atoms with van der Waals surface area (Å²) in [5, 5.41) is 3.76. The van der Waals surface area contributed by atoms with Crippen LogP contribution in [-0.4, -0.2) is 10.9 Å². The van der Waals surface area contributed by atoms with Crippen molar-refractivity contribution in [2.24, 2.45) is 0 Å². The van der Waals surface area contributed by atoms with E-state index < -0.39 is 0 Å². The zero-order chi connectivity index (χ0) is 12.4. The van der Waals surface area contributed by atoms with Gasteiger partial charge >= 0.3 is 0 Å². The Labute approximate surface area is 107 Å². The number of hydrogen-bond donors (Lipinski definition) is 2. The lowest BCUT2D eigenvalue weighted by Crippen LogP contribution is -2.11. The predicted molar refractivity (Wildman–Crippen MR) is 70.7 cm³/mol. The van der Waals surface area contributed by atoms with Gasteiger partial charge in [0.05, 0.1) is 6.20 Å². The summed E-state index contributed by atoms with van der Waals surface area (Å²) in [6, 6.07) is 5.35. The number of benzene rings is 1. The van der Waals surface area contributed by atoms with E-state index in [4.69, 9.17) is 17.3 Å². The van der Waals surface area contributed by atoms with E-state index in [2.05, 4.69) is 10.3 Å². The average molecular weight is 268 g/mol. The SMILES string of the molecule is Cc1c(Cl)cccc1NC(=O)c1cnc(N)s1. The number of hydrogen-bond acceptors (Lipinski definition) is 4. The van der Waals surface area contributed by atoms with Crippen molar-refractivity contribution in [1.29, 1.82) is 0 Å². The molecule has 0 aliphatic carbocycles. The van der Waals surface area contributed by atoms with E-state index in [1.54, 1.807) is 18.2 Å². The van der Waals surface area contributed by atoms with Crippen LogP contribution in [-0.2, 0) is 0 Å². The number of aromatic nitrogens is 1. The molecule has 0 saturated carbocycles. The molecule has 2 aromatic rings. The van der Waals surface area contributed by atoms with Crippen LogP contribution in [0.3, 0.4) is 0 Å². The zero-order valence-electron chi connectivity index (χ0n) is 9.03. The molecule has 88 valence electrons. The molecule has 4 nitrogen and oxygen atoms in total. The van der Waals surface area contributed by atoms with Crippen LogP contribution in [0.2, 0.25) is 5.02 Å². The number of anilines is 2. The third kappa shape index (κ3) is 2.57. The summed E-state index contributed by atoms with van der Waals surface area (Å²) < 4.78 is 0. The molecular weight excluding hydrogens is 258 g/mol.